The number of nitrogens with zero attached hydrogens (tertiary/aromatic N) is 3. The summed E-state index contributed by atoms with van der Waals surface area (Å²) in [5.74, 6) is -0.913. The number of rotatable bonds is 4. The lowest BCUT2D eigenvalue weighted by Gasteiger charge is -2.35. The summed E-state index contributed by atoms with van der Waals surface area (Å²) in [5, 5.41) is 9.88. The lowest BCUT2D eigenvalue weighted by Crippen LogP contribution is -2.37. The van der Waals surface area contributed by atoms with Gasteiger partial charge < -0.3 is 10.0 Å². The molecule has 154 valence electrons. The zero-order chi connectivity index (χ0) is 20.4. The number of aromatic nitrogens is 1. The van der Waals surface area contributed by atoms with Crippen LogP contribution >= 0.6 is 0 Å². The lowest BCUT2D eigenvalue weighted by atomic mass is 9.83. The predicted octanol–water partition coefficient (Wildman–Crippen LogP) is 3.44. The van der Waals surface area contributed by atoms with Gasteiger partial charge in [0, 0.05) is 31.4 Å². The zero-order valence-electron chi connectivity index (χ0n) is 16.2. The Balaban J connectivity index is 1.30. The number of benzene rings is 1. The summed E-state index contributed by atoms with van der Waals surface area (Å²) in [7, 11) is 0. The first kappa shape index (κ1) is 19.8. The van der Waals surface area contributed by atoms with Gasteiger partial charge in [-0.2, -0.15) is 0 Å². The summed E-state index contributed by atoms with van der Waals surface area (Å²) in [4.78, 5) is 20.6. The number of pyridine rings is 1. The molecule has 1 N–H and O–H groups in total. The van der Waals surface area contributed by atoms with Gasteiger partial charge >= 0.3 is 0 Å². The van der Waals surface area contributed by atoms with Crippen LogP contribution in [-0.2, 0) is 6.54 Å². The second kappa shape index (κ2) is 8.45. The monoisotopic (exact) mass is 401 g/mol. The van der Waals surface area contributed by atoms with Crippen molar-refractivity contribution in [3.63, 3.8) is 0 Å². The Kier molecular flexibility index (Phi) is 5.76. The number of likely N-dealkylation sites (tertiary alicyclic amines) is 2. The Bertz CT molecular complexity index is 884. The molecule has 3 heterocycles. The summed E-state index contributed by atoms with van der Waals surface area (Å²) in [5.41, 5.74) is 0.511. The highest BCUT2D eigenvalue weighted by Gasteiger charge is 2.35. The Morgan fingerprint density at radius 1 is 1.07 bits per heavy atom. The molecule has 2 fully saturated rings. The molecule has 1 atom stereocenters. The van der Waals surface area contributed by atoms with Crippen molar-refractivity contribution < 1.29 is 18.7 Å². The second-order valence-corrected chi connectivity index (χ2v) is 8.00. The zero-order valence-corrected chi connectivity index (χ0v) is 16.2. The number of carbonyl (C=O) groups is 1. The molecule has 1 aromatic carbocycles. The van der Waals surface area contributed by atoms with Crippen LogP contribution < -0.4 is 0 Å². The number of hydrogen-bond acceptors (Lipinski definition) is 4. The third-order valence-electron chi connectivity index (χ3n) is 6.23. The summed E-state index contributed by atoms with van der Waals surface area (Å²) in [6.07, 6.45) is 4.43. The minimum absolute atomic E-state index is 0.0844. The number of piperidine rings is 1. The summed E-state index contributed by atoms with van der Waals surface area (Å²) in [6.45, 7) is 3.45. The topological polar surface area (TPSA) is 56.7 Å². The van der Waals surface area contributed by atoms with Crippen LogP contribution in [0.2, 0.25) is 0 Å². The van der Waals surface area contributed by atoms with E-state index >= 15 is 0 Å². The van der Waals surface area contributed by atoms with Gasteiger partial charge in [-0.25, -0.2) is 13.8 Å². The first-order chi connectivity index (χ1) is 14.0. The van der Waals surface area contributed by atoms with Crippen LogP contribution in [0.4, 0.5) is 8.78 Å². The number of amides is 1. The van der Waals surface area contributed by atoms with E-state index in [1.165, 1.54) is 12.3 Å². The van der Waals surface area contributed by atoms with Crippen molar-refractivity contribution in [3.05, 3.63) is 59.4 Å². The molecule has 2 aromatic rings. The first-order valence-corrected chi connectivity index (χ1v) is 10.1. The number of halogens is 2. The molecule has 4 rings (SSSR count). The van der Waals surface area contributed by atoms with E-state index in [0.29, 0.717) is 37.0 Å². The molecule has 0 saturated carbocycles. The maximum atomic E-state index is 13.9. The third-order valence-corrected chi connectivity index (χ3v) is 6.23. The highest BCUT2D eigenvalue weighted by molar-refractivity contribution is 5.94. The first-order valence-electron chi connectivity index (χ1n) is 10.1. The van der Waals surface area contributed by atoms with Crippen LogP contribution in [0.1, 0.15) is 35.3 Å². The van der Waals surface area contributed by atoms with Crippen molar-refractivity contribution in [1.82, 2.24) is 14.8 Å². The van der Waals surface area contributed by atoms with Gasteiger partial charge in [0.1, 0.15) is 5.75 Å². The molecular weight excluding hydrogens is 376 g/mol. The standard InChI is InChI=1S/C22H25F2N3O2/c23-18-4-1-3-17(20(18)24)13-26-10-6-15(7-11-26)16-8-12-27(14-16)22(29)21-19(28)5-2-9-25-21/h1-5,9,15-16,28H,6-8,10-14H2/t16-/m1/s1. The lowest BCUT2D eigenvalue weighted by molar-refractivity contribution is 0.0763. The summed E-state index contributed by atoms with van der Waals surface area (Å²) >= 11 is 0. The Hall–Kier alpha value is -2.54. The minimum atomic E-state index is -0.799. The van der Waals surface area contributed by atoms with Gasteiger partial charge in [-0.15, -0.1) is 0 Å². The molecule has 0 aliphatic carbocycles. The van der Waals surface area contributed by atoms with Crippen molar-refractivity contribution >= 4 is 5.91 Å². The molecule has 2 aliphatic rings. The highest BCUT2D eigenvalue weighted by atomic mass is 19.2. The van der Waals surface area contributed by atoms with Crippen molar-refractivity contribution in [3.8, 4) is 5.75 Å². The van der Waals surface area contributed by atoms with Gasteiger partial charge in [-0.3, -0.25) is 9.69 Å². The Morgan fingerprint density at radius 2 is 1.83 bits per heavy atom. The smallest absolute Gasteiger partial charge is 0.276 e. The van der Waals surface area contributed by atoms with E-state index in [9.17, 15) is 18.7 Å². The average molecular weight is 401 g/mol. The molecule has 2 saturated heterocycles. The second-order valence-electron chi connectivity index (χ2n) is 8.00. The van der Waals surface area contributed by atoms with Crippen molar-refractivity contribution in [2.75, 3.05) is 26.2 Å². The van der Waals surface area contributed by atoms with E-state index in [4.69, 9.17) is 0 Å². The number of carbonyl (C=O) groups excluding carboxylic acids is 1. The molecule has 5 nitrogen and oxygen atoms in total. The molecule has 29 heavy (non-hydrogen) atoms. The van der Waals surface area contributed by atoms with E-state index in [0.717, 1.165) is 38.4 Å². The average Bonchev–Trinajstić information content (AvgIpc) is 3.22. The Labute approximate surface area is 169 Å². The van der Waals surface area contributed by atoms with Gasteiger partial charge in [-0.1, -0.05) is 12.1 Å². The largest absolute Gasteiger partial charge is 0.505 e. The molecule has 0 radical (unpaired) electrons. The van der Waals surface area contributed by atoms with E-state index in [-0.39, 0.29) is 17.4 Å². The number of hydrogen-bond donors (Lipinski definition) is 1. The molecule has 1 amide bonds. The van der Waals surface area contributed by atoms with Crippen LogP contribution in [0.25, 0.3) is 0 Å². The van der Waals surface area contributed by atoms with E-state index in [2.05, 4.69) is 9.88 Å². The predicted molar refractivity (Wildman–Crippen MR) is 104 cm³/mol. The number of aromatic hydroxyl groups is 1. The molecule has 0 unspecified atom stereocenters. The van der Waals surface area contributed by atoms with Gasteiger partial charge in [0.15, 0.2) is 17.3 Å². The van der Waals surface area contributed by atoms with Crippen LogP contribution in [0.3, 0.4) is 0 Å². The Morgan fingerprint density at radius 3 is 2.59 bits per heavy atom. The minimum Gasteiger partial charge on any atom is -0.505 e. The van der Waals surface area contributed by atoms with Gasteiger partial charge in [0.25, 0.3) is 5.91 Å². The fourth-order valence-corrected chi connectivity index (χ4v) is 4.56. The van der Waals surface area contributed by atoms with Gasteiger partial charge in [0.05, 0.1) is 0 Å². The molecule has 7 heteroatoms. The quantitative estimate of drug-likeness (QED) is 0.853. The van der Waals surface area contributed by atoms with Crippen LogP contribution in [0, 0.1) is 23.5 Å². The fraction of sp³-hybridized carbons (Fsp3) is 0.455. The van der Waals surface area contributed by atoms with E-state index < -0.39 is 11.6 Å². The maximum absolute atomic E-state index is 13.9. The van der Waals surface area contributed by atoms with Crippen molar-refractivity contribution in [2.24, 2.45) is 11.8 Å². The van der Waals surface area contributed by atoms with Crippen LogP contribution in [0.15, 0.2) is 36.5 Å². The molecule has 2 aliphatic heterocycles. The van der Waals surface area contributed by atoms with Crippen molar-refractivity contribution in [1.29, 1.82) is 0 Å². The molecule has 0 spiro atoms. The normalized spacial score (nSPS) is 20.9. The SMILES string of the molecule is O=C(c1ncccc1O)N1CC[C@@H](C2CCN(Cc3cccc(F)c3F)CC2)C1. The van der Waals surface area contributed by atoms with E-state index in [1.54, 1.807) is 23.1 Å². The highest BCUT2D eigenvalue weighted by Crippen LogP contribution is 2.33. The molecule has 1 aromatic heterocycles. The summed E-state index contributed by atoms with van der Waals surface area (Å²) in [6, 6.07) is 7.40. The van der Waals surface area contributed by atoms with Gasteiger partial charge in [0.2, 0.25) is 0 Å². The molecule has 0 bridgehead atoms. The van der Waals surface area contributed by atoms with Crippen molar-refractivity contribution in [2.45, 2.75) is 25.8 Å². The van der Waals surface area contributed by atoms with Crippen LogP contribution in [0.5, 0.6) is 5.75 Å². The maximum Gasteiger partial charge on any atom is 0.276 e. The van der Waals surface area contributed by atoms with E-state index in [1.807, 2.05) is 0 Å². The van der Waals surface area contributed by atoms with Gasteiger partial charge in [-0.05, 0) is 62.4 Å². The van der Waals surface area contributed by atoms with Crippen LogP contribution in [-0.4, -0.2) is 52.0 Å². The third kappa shape index (κ3) is 4.24. The summed E-state index contributed by atoms with van der Waals surface area (Å²) < 4.78 is 27.3. The molecular formula is C22H25F2N3O2. The fourth-order valence-electron chi connectivity index (χ4n) is 4.56.